The van der Waals surface area contributed by atoms with Gasteiger partial charge in [-0.25, -0.2) is 0 Å². The first-order valence-electron chi connectivity index (χ1n) is 11.7. The van der Waals surface area contributed by atoms with Gasteiger partial charge in [-0.1, -0.05) is 103 Å². The molecule has 0 fully saturated rings. The van der Waals surface area contributed by atoms with E-state index in [2.05, 4.69) is 12.8 Å². The summed E-state index contributed by atoms with van der Waals surface area (Å²) in [7, 11) is 0. The number of carbonyl (C=O) groups excluding carboxylic acids is 1. The van der Waals surface area contributed by atoms with Crippen LogP contribution < -0.4 is 0 Å². The zero-order valence-electron chi connectivity index (χ0n) is 19.1. The summed E-state index contributed by atoms with van der Waals surface area (Å²) in [6, 6.07) is 0. The first-order chi connectivity index (χ1) is 13.3. The molecule has 0 rings (SSSR count). The first kappa shape index (κ1) is 27.0. The van der Waals surface area contributed by atoms with Crippen molar-refractivity contribution in [2.24, 2.45) is 5.92 Å². The van der Waals surface area contributed by atoms with Crippen LogP contribution in [0, 0.1) is 18.3 Å². The van der Waals surface area contributed by atoms with Gasteiger partial charge in [0.15, 0.2) is 0 Å². The summed E-state index contributed by atoms with van der Waals surface area (Å²) in [6.45, 7) is 7.75. The number of hydrogen-bond donors (Lipinski definition) is 1. The molecular weight excluding hydrogens is 348 g/mol. The van der Waals surface area contributed by atoms with Crippen molar-refractivity contribution < 1.29 is 14.6 Å². The lowest BCUT2D eigenvalue weighted by Gasteiger charge is -2.25. The molecule has 2 atom stereocenters. The highest BCUT2D eigenvalue weighted by Crippen LogP contribution is 2.20. The Morgan fingerprint density at radius 1 is 0.857 bits per heavy atom. The average Bonchev–Trinajstić information content (AvgIpc) is 2.63. The summed E-state index contributed by atoms with van der Waals surface area (Å²) in [5, 5.41) is 9.95. The van der Waals surface area contributed by atoms with Crippen LogP contribution in [-0.2, 0) is 9.53 Å². The maximum Gasteiger partial charge on any atom is 0.313 e. The Morgan fingerprint density at radius 2 is 1.25 bits per heavy atom. The van der Waals surface area contributed by atoms with Crippen molar-refractivity contribution in [3.8, 4) is 12.3 Å². The summed E-state index contributed by atoms with van der Waals surface area (Å²) >= 11 is 0. The minimum atomic E-state index is -1.06. The van der Waals surface area contributed by atoms with Crippen molar-refractivity contribution in [2.75, 3.05) is 0 Å². The quantitative estimate of drug-likeness (QED) is 0.167. The van der Waals surface area contributed by atoms with Gasteiger partial charge in [-0.2, -0.15) is 0 Å². The molecule has 0 aliphatic carbocycles. The van der Waals surface area contributed by atoms with E-state index in [0.29, 0.717) is 6.42 Å². The summed E-state index contributed by atoms with van der Waals surface area (Å²) < 4.78 is 5.40. The van der Waals surface area contributed by atoms with Crippen LogP contribution in [0.1, 0.15) is 124 Å². The number of esters is 1. The van der Waals surface area contributed by atoms with Crippen molar-refractivity contribution in [1.29, 1.82) is 0 Å². The highest BCUT2D eigenvalue weighted by Gasteiger charge is 2.29. The minimum Gasteiger partial charge on any atom is -0.460 e. The molecule has 0 aliphatic rings. The Balaban J connectivity index is 3.70. The fourth-order valence-electron chi connectivity index (χ4n) is 3.46. The molecule has 0 saturated carbocycles. The maximum atomic E-state index is 12.2. The number of rotatable bonds is 17. The van der Waals surface area contributed by atoms with Gasteiger partial charge in [-0.05, 0) is 27.2 Å². The molecule has 0 amide bonds. The van der Waals surface area contributed by atoms with Gasteiger partial charge >= 0.3 is 5.97 Å². The Morgan fingerprint density at radius 3 is 1.61 bits per heavy atom. The standard InChI is InChI=1S/C25H46O3/c1-6-8-9-10-11-12-13-14-15-16-17-18-19-20-21-22(23(26)7-2)24(27)28-25(3,4)5/h2,22-23,26H,6,8-21H2,1,3-5H3/t22-,23-/m0/s1. The van der Waals surface area contributed by atoms with Crippen molar-refractivity contribution in [1.82, 2.24) is 0 Å². The second-order valence-electron chi connectivity index (χ2n) is 9.14. The van der Waals surface area contributed by atoms with Gasteiger partial charge in [0.1, 0.15) is 11.7 Å². The van der Waals surface area contributed by atoms with Crippen LogP contribution >= 0.6 is 0 Å². The summed E-state index contributed by atoms with van der Waals surface area (Å²) in [4.78, 5) is 12.2. The molecule has 0 unspecified atom stereocenters. The molecule has 0 bridgehead atoms. The highest BCUT2D eigenvalue weighted by molar-refractivity contribution is 5.74. The molecule has 3 nitrogen and oxygen atoms in total. The Bertz CT molecular complexity index is 416. The highest BCUT2D eigenvalue weighted by atomic mass is 16.6. The number of unbranched alkanes of at least 4 members (excludes halogenated alkanes) is 13. The smallest absolute Gasteiger partial charge is 0.313 e. The third-order valence-electron chi connectivity index (χ3n) is 5.13. The zero-order valence-corrected chi connectivity index (χ0v) is 19.1. The predicted molar refractivity (Wildman–Crippen MR) is 119 cm³/mol. The molecule has 0 aromatic heterocycles. The van der Waals surface area contributed by atoms with Gasteiger partial charge in [0.25, 0.3) is 0 Å². The fourth-order valence-corrected chi connectivity index (χ4v) is 3.46. The van der Waals surface area contributed by atoms with Gasteiger partial charge < -0.3 is 9.84 Å². The van der Waals surface area contributed by atoms with Crippen molar-refractivity contribution in [2.45, 2.75) is 136 Å². The van der Waals surface area contributed by atoms with Gasteiger partial charge in [-0.15, -0.1) is 6.42 Å². The van der Waals surface area contributed by atoms with Crippen molar-refractivity contribution in [3.63, 3.8) is 0 Å². The topological polar surface area (TPSA) is 46.5 Å². The third kappa shape index (κ3) is 16.0. The molecule has 0 saturated heterocycles. The number of aliphatic hydroxyl groups is 1. The van der Waals surface area contributed by atoms with Crippen molar-refractivity contribution in [3.05, 3.63) is 0 Å². The lowest BCUT2D eigenvalue weighted by molar-refractivity contribution is -0.163. The SMILES string of the molecule is C#C[C@H](O)[C@H](CCCCCCCCCCCCCCCC)C(=O)OC(C)(C)C. The van der Waals surface area contributed by atoms with Gasteiger partial charge in [0, 0.05) is 0 Å². The lowest BCUT2D eigenvalue weighted by atomic mass is 9.95. The first-order valence-corrected chi connectivity index (χ1v) is 11.7. The van der Waals surface area contributed by atoms with E-state index in [1.54, 1.807) is 0 Å². The lowest BCUT2D eigenvalue weighted by Crippen LogP contribution is -2.34. The second-order valence-corrected chi connectivity index (χ2v) is 9.14. The number of terminal acetylenes is 1. The number of aliphatic hydroxyl groups excluding tert-OH is 1. The number of hydrogen-bond acceptors (Lipinski definition) is 3. The van der Waals surface area contributed by atoms with E-state index in [9.17, 15) is 9.90 Å². The van der Waals surface area contributed by atoms with Crippen LogP contribution in [0.2, 0.25) is 0 Å². The summed E-state index contributed by atoms with van der Waals surface area (Å²) in [6.07, 6.45) is 23.0. The molecule has 0 radical (unpaired) electrons. The van der Waals surface area contributed by atoms with Crippen LogP contribution in [0.15, 0.2) is 0 Å². The maximum absolute atomic E-state index is 12.2. The van der Waals surface area contributed by atoms with E-state index in [4.69, 9.17) is 11.2 Å². The molecular formula is C25H46O3. The van der Waals surface area contributed by atoms with Crippen LogP contribution in [0.25, 0.3) is 0 Å². The van der Waals surface area contributed by atoms with E-state index in [1.165, 1.54) is 77.0 Å². The Labute approximate surface area is 175 Å². The van der Waals surface area contributed by atoms with Gasteiger partial charge in [0.2, 0.25) is 0 Å². The molecule has 0 aromatic carbocycles. The fraction of sp³-hybridized carbons (Fsp3) is 0.880. The largest absolute Gasteiger partial charge is 0.460 e. The third-order valence-corrected chi connectivity index (χ3v) is 5.13. The van der Waals surface area contributed by atoms with Gasteiger partial charge in [0.05, 0.1) is 5.92 Å². The summed E-state index contributed by atoms with van der Waals surface area (Å²) in [5.74, 6) is 1.29. The zero-order chi connectivity index (χ0) is 21.3. The average molecular weight is 395 g/mol. The molecule has 3 heteroatoms. The van der Waals surface area contributed by atoms with Crippen LogP contribution in [0.3, 0.4) is 0 Å². The van der Waals surface area contributed by atoms with Crippen LogP contribution in [0.5, 0.6) is 0 Å². The molecule has 1 N–H and O–H groups in total. The molecule has 0 spiro atoms. The van der Waals surface area contributed by atoms with E-state index in [-0.39, 0.29) is 5.97 Å². The van der Waals surface area contributed by atoms with E-state index in [0.717, 1.165) is 12.8 Å². The predicted octanol–water partition coefficient (Wildman–Crippen LogP) is 6.81. The molecule has 28 heavy (non-hydrogen) atoms. The number of ether oxygens (including phenoxy) is 1. The van der Waals surface area contributed by atoms with Crippen LogP contribution in [0.4, 0.5) is 0 Å². The van der Waals surface area contributed by atoms with E-state index in [1.807, 2.05) is 20.8 Å². The Hall–Kier alpha value is -1.01. The molecule has 0 heterocycles. The number of carbonyl (C=O) groups is 1. The normalized spacial score (nSPS) is 13.7. The molecule has 0 aromatic rings. The second kappa shape index (κ2) is 16.9. The van der Waals surface area contributed by atoms with Crippen molar-refractivity contribution >= 4 is 5.97 Å². The molecule has 0 aliphatic heterocycles. The van der Waals surface area contributed by atoms with E-state index >= 15 is 0 Å². The minimum absolute atomic E-state index is 0.382. The summed E-state index contributed by atoms with van der Waals surface area (Å²) in [5.41, 5.74) is -0.556. The Kier molecular flexibility index (Phi) is 16.3. The van der Waals surface area contributed by atoms with E-state index < -0.39 is 17.6 Å². The van der Waals surface area contributed by atoms with Gasteiger partial charge in [-0.3, -0.25) is 4.79 Å². The molecule has 164 valence electrons. The monoisotopic (exact) mass is 394 g/mol. The van der Waals surface area contributed by atoms with Crippen LogP contribution in [-0.4, -0.2) is 22.8 Å².